The summed E-state index contributed by atoms with van der Waals surface area (Å²) < 4.78 is 1.88. The van der Waals surface area contributed by atoms with Crippen LogP contribution in [0.1, 0.15) is 37.8 Å². The van der Waals surface area contributed by atoms with Crippen molar-refractivity contribution in [1.82, 2.24) is 14.8 Å². The van der Waals surface area contributed by atoms with Crippen molar-refractivity contribution in [2.75, 3.05) is 30.1 Å². The monoisotopic (exact) mass is 369 g/mol. The van der Waals surface area contributed by atoms with E-state index >= 15 is 0 Å². The molecular weight excluding hydrogens is 346 g/mol. The number of rotatable bonds is 4. The Morgan fingerprint density at radius 3 is 2.73 bits per heavy atom. The molecule has 1 aromatic heterocycles. The Balaban J connectivity index is 1.83. The first-order valence-corrected chi connectivity index (χ1v) is 9.97. The molecule has 0 amide bonds. The molecule has 136 valence electrons. The Labute approximate surface area is 157 Å². The van der Waals surface area contributed by atoms with Gasteiger partial charge in [0.05, 0.1) is 0 Å². The molecular formula is C19H23N5OS. The van der Waals surface area contributed by atoms with Gasteiger partial charge in [-0.05, 0) is 36.3 Å². The molecule has 2 aliphatic rings. The second-order valence-electron chi connectivity index (χ2n) is 6.78. The summed E-state index contributed by atoms with van der Waals surface area (Å²) in [6, 6.07) is 8.15. The van der Waals surface area contributed by atoms with Crippen LogP contribution < -0.4 is 10.2 Å². The van der Waals surface area contributed by atoms with Gasteiger partial charge in [0, 0.05) is 37.5 Å². The summed E-state index contributed by atoms with van der Waals surface area (Å²) in [6.07, 6.45) is 2.38. The highest BCUT2D eigenvalue weighted by Crippen LogP contribution is 2.40. The minimum Gasteiger partial charge on any atom is -0.378 e. The molecule has 7 heteroatoms. The zero-order chi connectivity index (χ0) is 18.3. The largest absolute Gasteiger partial charge is 0.378 e. The van der Waals surface area contributed by atoms with Crippen molar-refractivity contribution in [3.8, 4) is 0 Å². The minimum absolute atomic E-state index is 0.205. The van der Waals surface area contributed by atoms with E-state index in [0.717, 1.165) is 52.2 Å². The molecule has 0 unspecified atom stereocenters. The number of aromatic nitrogens is 3. The van der Waals surface area contributed by atoms with E-state index < -0.39 is 0 Å². The highest BCUT2D eigenvalue weighted by molar-refractivity contribution is 7.99. The molecule has 1 N–H and O–H groups in total. The molecule has 0 bridgehead atoms. The molecule has 1 atom stereocenters. The molecule has 4 rings (SSSR count). The van der Waals surface area contributed by atoms with Gasteiger partial charge in [0.25, 0.3) is 0 Å². The number of allylic oxidation sites excluding steroid dienone is 2. The van der Waals surface area contributed by atoms with Crippen LogP contribution in [0.25, 0.3) is 0 Å². The fourth-order valence-corrected chi connectivity index (χ4v) is 4.14. The summed E-state index contributed by atoms with van der Waals surface area (Å²) in [5, 5.41) is 8.80. The maximum absolute atomic E-state index is 12.8. The van der Waals surface area contributed by atoms with Crippen LogP contribution >= 0.6 is 11.8 Å². The average Bonchev–Trinajstić information content (AvgIpc) is 3.02. The van der Waals surface area contributed by atoms with Gasteiger partial charge in [-0.1, -0.05) is 30.8 Å². The number of ketones is 1. The predicted octanol–water partition coefficient (Wildman–Crippen LogP) is 3.48. The molecule has 6 nitrogen and oxygen atoms in total. The molecule has 26 heavy (non-hydrogen) atoms. The van der Waals surface area contributed by atoms with Gasteiger partial charge in [-0.2, -0.15) is 4.98 Å². The SMILES string of the molecule is CCSc1nc2n(n1)[C@@H](c1ccc(N(C)C)cc1)C1=C(CCCC1=O)N2. The molecule has 0 spiro atoms. The van der Waals surface area contributed by atoms with Crippen LogP contribution in [-0.2, 0) is 4.79 Å². The lowest BCUT2D eigenvalue weighted by atomic mass is 9.85. The minimum atomic E-state index is -0.205. The van der Waals surface area contributed by atoms with Gasteiger partial charge in [-0.3, -0.25) is 4.79 Å². The van der Waals surface area contributed by atoms with Crippen LogP contribution in [-0.4, -0.2) is 40.4 Å². The highest BCUT2D eigenvalue weighted by Gasteiger charge is 2.36. The molecule has 2 aromatic rings. The van der Waals surface area contributed by atoms with Crippen molar-refractivity contribution in [3.05, 3.63) is 41.1 Å². The maximum atomic E-state index is 12.8. The number of benzene rings is 1. The molecule has 1 aliphatic heterocycles. The number of hydrogen-bond donors (Lipinski definition) is 1. The maximum Gasteiger partial charge on any atom is 0.227 e. The molecule has 0 saturated heterocycles. The number of nitrogens with zero attached hydrogens (tertiary/aromatic N) is 4. The van der Waals surface area contributed by atoms with E-state index in [-0.39, 0.29) is 11.8 Å². The lowest BCUT2D eigenvalue weighted by molar-refractivity contribution is -0.116. The van der Waals surface area contributed by atoms with Crippen LogP contribution in [0.3, 0.4) is 0 Å². The smallest absolute Gasteiger partial charge is 0.227 e. The van der Waals surface area contributed by atoms with E-state index in [1.165, 1.54) is 0 Å². The molecule has 0 radical (unpaired) electrons. The van der Waals surface area contributed by atoms with Crippen LogP contribution in [0.4, 0.5) is 11.6 Å². The van der Waals surface area contributed by atoms with Gasteiger partial charge >= 0.3 is 0 Å². The Morgan fingerprint density at radius 1 is 1.27 bits per heavy atom. The van der Waals surface area contributed by atoms with E-state index in [4.69, 9.17) is 5.10 Å². The quantitative estimate of drug-likeness (QED) is 0.833. The Morgan fingerprint density at radius 2 is 2.04 bits per heavy atom. The normalized spacial score (nSPS) is 19.0. The van der Waals surface area contributed by atoms with Crippen LogP contribution in [0, 0.1) is 0 Å². The Bertz CT molecular complexity index is 869. The second kappa shape index (κ2) is 6.79. The molecule has 1 aromatic carbocycles. The van der Waals surface area contributed by atoms with Crippen molar-refractivity contribution in [2.24, 2.45) is 0 Å². The lowest BCUT2D eigenvalue weighted by Gasteiger charge is -2.32. The molecule has 2 heterocycles. The van der Waals surface area contributed by atoms with E-state index in [0.29, 0.717) is 6.42 Å². The van der Waals surface area contributed by atoms with Gasteiger partial charge in [0.15, 0.2) is 5.78 Å². The summed E-state index contributed by atoms with van der Waals surface area (Å²) in [5.74, 6) is 1.86. The number of hydrogen-bond acceptors (Lipinski definition) is 6. The van der Waals surface area contributed by atoms with Crippen molar-refractivity contribution < 1.29 is 4.79 Å². The summed E-state index contributed by atoms with van der Waals surface area (Å²) in [5.41, 5.74) is 4.06. The Hall–Kier alpha value is -2.28. The zero-order valence-electron chi connectivity index (χ0n) is 15.3. The fourth-order valence-electron chi connectivity index (χ4n) is 3.59. The van der Waals surface area contributed by atoms with E-state index in [1.807, 2.05) is 18.8 Å². The second-order valence-corrected chi connectivity index (χ2v) is 8.01. The zero-order valence-corrected chi connectivity index (χ0v) is 16.1. The van der Waals surface area contributed by atoms with Crippen molar-refractivity contribution in [3.63, 3.8) is 0 Å². The van der Waals surface area contributed by atoms with Gasteiger partial charge < -0.3 is 10.2 Å². The summed E-state index contributed by atoms with van der Waals surface area (Å²) in [7, 11) is 4.04. The third-order valence-corrected chi connectivity index (χ3v) is 5.57. The summed E-state index contributed by atoms with van der Waals surface area (Å²) in [4.78, 5) is 19.5. The van der Waals surface area contributed by atoms with Crippen molar-refractivity contribution in [1.29, 1.82) is 0 Å². The topological polar surface area (TPSA) is 63.1 Å². The van der Waals surface area contributed by atoms with Crippen LogP contribution in [0.5, 0.6) is 0 Å². The van der Waals surface area contributed by atoms with Crippen molar-refractivity contribution >= 4 is 29.2 Å². The van der Waals surface area contributed by atoms with E-state index in [2.05, 4.69) is 46.4 Å². The number of anilines is 2. The Kier molecular flexibility index (Phi) is 4.48. The first kappa shape index (κ1) is 17.1. The number of carbonyl (C=O) groups excluding carboxylic acids is 1. The third-order valence-electron chi connectivity index (χ3n) is 4.85. The van der Waals surface area contributed by atoms with Gasteiger partial charge in [-0.15, -0.1) is 5.10 Å². The fraction of sp³-hybridized carbons (Fsp3) is 0.421. The summed E-state index contributed by atoms with van der Waals surface area (Å²) in [6.45, 7) is 2.09. The van der Waals surface area contributed by atoms with Gasteiger partial charge in [0.1, 0.15) is 6.04 Å². The van der Waals surface area contributed by atoms with E-state index in [9.17, 15) is 4.79 Å². The van der Waals surface area contributed by atoms with Crippen LogP contribution in [0.15, 0.2) is 40.7 Å². The van der Waals surface area contributed by atoms with Crippen molar-refractivity contribution in [2.45, 2.75) is 37.4 Å². The first-order chi connectivity index (χ1) is 12.6. The highest BCUT2D eigenvalue weighted by atomic mass is 32.2. The predicted molar refractivity (Wildman–Crippen MR) is 105 cm³/mol. The number of Topliss-reactive ketones (excluding diaryl/α,β-unsaturated/α-hetero) is 1. The molecule has 0 fully saturated rings. The lowest BCUT2D eigenvalue weighted by Crippen LogP contribution is -2.31. The van der Waals surface area contributed by atoms with Gasteiger partial charge in [-0.25, -0.2) is 4.68 Å². The van der Waals surface area contributed by atoms with Gasteiger partial charge in [0.2, 0.25) is 11.1 Å². The van der Waals surface area contributed by atoms with E-state index in [1.54, 1.807) is 11.8 Å². The number of fused-ring (bicyclic) bond motifs is 1. The first-order valence-electron chi connectivity index (χ1n) is 8.98. The number of thioether (sulfide) groups is 1. The molecule has 1 aliphatic carbocycles. The number of nitrogens with one attached hydrogen (secondary N) is 1. The van der Waals surface area contributed by atoms with Crippen LogP contribution in [0.2, 0.25) is 0 Å². The third kappa shape index (κ3) is 2.90. The number of carbonyl (C=O) groups is 1. The standard InChI is InChI=1S/C19H23N5OS/c1-4-26-19-21-18-20-14-6-5-7-15(25)16(14)17(24(18)22-19)12-8-10-13(11-9-12)23(2)3/h8-11,17H,4-7H2,1-3H3,(H,20,21,22)/t17-/m0/s1. The molecule has 0 saturated carbocycles. The average molecular weight is 369 g/mol. The summed E-state index contributed by atoms with van der Waals surface area (Å²) >= 11 is 1.61.